The van der Waals surface area contributed by atoms with E-state index in [4.69, 9.17) is 11.6 Å². The van der Waals surface area contributed by atoms with Gasteiger partial charge < -0.3 is 21.1 Å². The Bertz CT molecular complexity index is 1010. The number of carbonyl (C=O) groups is 5. The fraction of sp³-hybridized carbons (Fsp3) is 0.480. The highest BCUT2D eigenvalue weighted by Gasteiger charge is 2.27. The van der Waals surface area contributed by atoms with Crippen LogP contribution in [0.15, 0.2) is 30.4 Å². The van der Waals surface area contributed by atoms with E-state index in [0.29, 0.717) is 42.1 Å². The van der Waals surface area contributed by atoms with Gasteiger partial charge in [0, 0.05) is 35.8 Å². The van der Waals surface area contributed by atoms with Crippen LogP contribution >= 0.6 is 11.6 Å². The summed E-state index contributed by atoms with van der Waals surface area (Å²) in [4.78, 5) is 61.9. The Hall–Kier alpha value is -3.24. The van der Waals surface area contributed by atoms with Crippen LogP contribution in [-0.2, 0) is 30.6 Å². The van der Waals surface area contributed by atoms with E-state index in [1.54, 1.807) is 26.0 Å². The molecule has 2 atom stereocenters. The third kappa shape index (κ3) is 8.46. The van der Waals surface area contributed by atoms with Crippen molar-refractivity contribution in [3.05, 3.63) is 40.9 Å². The van der Waals surface area contributed by atoms with E-state index in [2.05, 4.69) is 16.0 Å². The van der Waals surface area contributed by atoms with Crippen molar-refractivity contribution in [2.75, 3.05) is 11.9 Å². The van der Waals surface area contributed by atoms with Crippen LogP contribution in [-0.4, -0.2) is 58.2 Å². The van der Waals surface area contributed by atoms with Gasteiger partial charge in [-0.1, -0.05) is 37.9 Å². The Balaban J connectivity index is 1.78. The van der Waals surface area contributed by atoms with Gasteiger partial charge in [-0.25, -0.2) is 0 Å². The number of halogens is 1. The summed E-state index contributed by atoms with van der Waals surface area (Å²) in [7, 11) is 0. The lowest BCUT2D eigenvalue weighted by molar-refractivity contribution is -0.137. The monoisotopic (exact) mass is 520 g/mol. The van der Waals surface area contributed by atoms with E-state index >= 15 is 0 Å². The molecule has 1 aliphatic heterocycles. The highest BCUT2D eigenvalue weighted by molar-refractivity contribution is 6.31. The second-order valence-electron chi connectivity index (χ2n) is 8.95. The van der Waals surface area contributed by atoms with E-state index in [1.807, 2.05) is 0 Å². The summed E-state index contributed by atoms with van der Waals surface area (Å²) in [5, 5.41) is 17.5. The molecule has 0 bridgehead atoms. The zero-order valence-corrected chi connectivity index (χ0v) is 21.4. The number of hydrogen-bond donors (Lipinski definition) is 4. The lowest BCUT2D eigenvalue weighted by atomic mass is 10.0. The predicted molar refractivity (Wildman–Crippen MR) is 135 cm³/mol. The summed E-state index contributed by atoms with van der Waals surface area (Å²) in [6.07, 6.45) is 4.44. The average Bonchev–Trinajstić information content (AvgIpc) is 3.14. The van der Waals surface area contributed by atoms with Crippen LogP contribution in [0.1, 0.15) is 52.0 Å². The first-order chi connectivity index (χ1) is 17.0. The molecule has 11 heteroatoms. The van der Waals surface area contributed by atoms with Crippen LogP contribution in [0.3, 0.4) is 0 Å². The van der Waals surface area contributed by atoms with Crippen molar-refractivity contribution < 1.29 is 29.1 Å². The fourth-order valence-corrected chi connectivity index (χ4v) is 3.78. The Labute approximate surface area is 215 Å². The van der Waals surface area contributed by atoms with E-state index in [1.165, 1.54) is 25.1 Å². The van der Waals surface area contributed by atoms with Crippen molar-refractivity contribution in [1.82, 2.24) is 15.5 Å². The van der Waals surface area contributed by atoms with Crippen molar-refractivity contribution >= 4 is 46.8 Å². The molecule has 5 amide bonds. The van der Waals surface area contributed by atoms with Crippen LogP contribution in [0.4, 0.5) is 5.69 Å². The molecule has 0 fully saturated rings. The minimum Gasteiger partial charge on any atom is -0.392 e. The Kier molecular flexibility index (Phi) is 11.1. The average molecular weight is 521 g/mol. The Morgan fingerprint density at radius 3 is 2.22 bits per heavy atom. The maximum Gasteiger partial charge on any atom is 0.253 e. The number of rotatable bonds is 13. The summed E-state index contributed by atoms with van der Waals surface area (Å²) in [6.45, 7) is 5.19. The van der Waals surface area contributed by atoms with Crippen LogP contribution in [0.25, 0.3) is 0 Å². The van der Waals surface area contributed by atoms with Gasteiger partial charge in [-0.3, -0.25) is 28.9 Å². The normalized spacial score (nSPS) is 14.7. The van der Waals surface area contributed by atoms with E-state index in [0.717, 1.165) is 4.90 Å². The lowest BCUT2D eigenvalue weighted by Gasteiger charge is -2.24. The standard InChI is InChI=1S/C25H33ClN4O6/c1-15(2)23(29-20(32)7-5-4-6-12-30-21(33)10-11-22(30)34)25(36)27-16(3)24(35)28-18-9-8-17(14-31)19(26)13-18/h8-11,13,15-16,23,31H,4-7,12,14H2,1-3H3,(H,27,36)(H,28,35)(H,29,32)/t16-,23-/m0/s1. The molecule has 0 saturated heterocycles. The number of carbonyl (C=O) groups excluding carboxylic acids is 5. The van der Waals surface area contributed by atoms with Gasteiger partial charge in [0.1, 0.15) is 12.1 Å². The first-order valence-electron chi connectivity index (χ1n) is 11.9. The molecule has 1 heterocycles. The SMILES string of the molecule is CC(C)[C@H](NC(=O)CCCCCN1C(=O)C=CC1=O)C(=O)N[C@@H](C)C(=O)Nc1ccc(CO)c(Cl)c1. The maximum atomic E-state index is 12.8. The van der Waals surface area contributed by atoms with Gasteiger partial charge in [-0.05, 0) is 43.4 Å². The van der Waals surface area contributed by atoms with Crippen molar-refractivity contribution in [2.24, 2.45) is 5.92 Å². The minimum atomic E-state index is -0.877. The number of nitrogens with zero attached hydrogens (tertiary/aromatic N) is 1. The number of benzene rings is 1. The van der Waals surface area contributed by atoms with Gasteiger partial charge in [-0.2, -0.15) is 0 Å². The molecule has 10 nitrogen and oxygen atoms in total. The number of nitrogens with one attached hydrogen (secondary N) is 3. The van der Waals surface area contributed by atoms with Gasteiger partial charge in [-0.15, -0.1) is 0 Å². The number of anilines is 1. The van der Waals surface area contributed by atoms with Crippen LogP contribution in [0.2, 0.25) is 5.02 Å². The number of imide groups is 1. The summed E-state index contributed by atoms with van der Waals surface area (Å²) >= 11 is 6.04. The second kappa shape index (κ2) is 13.7. The molecule has 1 aromatic rings. The van der Waals surface area contributed by atoms with Crippen molar-refractivity contribution in [3.63, 3.8) is 0 Å². The van der Waals surface area contributed by atoms with Gasteiger partial charge in [0.25, 0.3) is 11.8 Å². The van der Waals surface area contributed by atoms with E-state index in [-0.39, 0.29) is 36.7 Å². The number of unbranched alkanes of at least 4 members (excludes halogenated alkanes) is 2. The molecule has 0 aliphatic carbocycles. The quantitative estimate of drug-likeness (QED) is 0.231. The van der Waals surface area contributed by atoms with Gasteiger partial charge in [0.15, 0.2) is 0 Å². The molecule has 4 N–H and O–H groups in total. The van der Waals surface area contributed by atoms with Crippen molar-refractivity contribution in [2.45, 2.75) is 65.1 Å². The molecule has 0 radical (unpaired) electrons. The number of hydrogen-bond acceptors (Lipinski definition) is 6. The molecular weight excluding hydrogens is 488 g/mol. The Morgan fingerprint density at radius 2 is 1.64 bits per heavy atom. The Morgan fingerprint density at radius 1 is 0.972 bits per heavy atom. The molecular formula is C25H33ClN4O6. The number of aliphatic hydroxyl groups excluding tert-OH is 1. The highest BCUT2D eigenvalue weighted by Crippen LogP contribution is 2.21. The van der Waals surface area contributed by atoms with Gasteiger partial charge in [0.2, 0.25) is 17.7 Å². The summed E-state index contributed by atoms with van der Waals surface area (Å²) in [5.41, 5.74) is 0.951. The summed E-state index contributed by atoms with van der Waals surface area (Å²) in [6, 6.07) is 3.00. The van der Waals surface area contributed by atoms with Gasteiger partial charge in [0.05, 0.1) is 6.61 Å². The second-order valence-corrected chi connectivity index (χ2v) is 9.35. The van der Waals surface area contributed by atoms with Crippen molar-refractivity contribution in [1.29, 1.82) is 0 Å². The maximum absolute atomic E-state index is 12.8. The topological polar surface area (TPSA) is 145 Å². The van der Waals surface area contributed by atoms with Crippen LogP contribution in [0, 0.1) is 5.92 Å². The molecule has 0 aromatic heterocycles. The van der Waals surface area contributed by atoms with E-state index < -0.39 is 23.9 Å². The lowest BCUT2D eigenvalue weighted by Crippen LogP contribution is -2.53. The third-order valence-corrected chi connectivity index (χ3v) is 6.05. The molecule has 1 aromatic carbocycles. The molecule has 1 aliphatic rings. The molecule has 36 heavy (non-hydrogen) atoms. The largest absolute Gasteiger partial charge is 0.392 e. The highest BCUT2D eigenvalue weighted by atomic mass is 35.5. The molecule has 196 valence electrons. The van der Waals surface area contributed by atoms with Gasteiger partial charge >= 0.3 is 0 Å². The zero-order valence-electron chi connectivity index (χ0n) is 20.7. The fourth-order valence-electron chi connectivity index (χ4n) is 3.54. The zero-order chi connectivity index (χ0) is 26.8. The first-order valence-corrected chi connectivity index (χ1v) is 12.2. The van der Waals surface area contributed by atoms with Crippen LogP contribution < -0.4 is 16.0 Å². The molecule has 0 spiro atoms. The predicted octanol–water partition coefficient (Wildman–Crippen LogP) is 1.90. The van der Waals surface area contributed by atoms with Crippen LogP contribution in [0.5, 0.6) is 0 Å². The molecule has 0 unspecified atom stereocenters. The molecule has 2 rings (SSSR count). The summed E-state index contributed by atoms with van der Waals surface area (Å²) in [5.74, 6) is -2.10. The first kappa shape index (κ1) is 29.0. The van der Waals surface area contributed by atoms with Crippen molar-refractivity contribution in [3.8, 4) is 0 Å². The third-order valence-electron chi connectivity index (χ3n) is 5.69. The van der Waals surface area contributed by atoms with E-state index in [9.17, 15) is 29.1 Å². The molecule has 0 saturated carbocycles. The smallest absolute Gasteiger partial charge is 0.253 e. The summed E-state index contributed by atoms with van der Waals surface area (Å²) < 4.78 is 0. The minimum absolute atomic E-state index is 0.192. The number of aliphatic hydroxyl groups is 1. The number of amides is 5.